The van der Waals surface area contributed by atoms with Crippen LogP contribution in [0, 0.1) is 0 Å². The first-order valence-electron chi connectivity index (χ1n) is 4.24. The van der Waals surface area contributed by atoms with Crippen molar-refractivity contribution in [3.8, 4) is 0 Å². The maximum absolute atomic E-state index is 5.48. The van der Waals surface area contributed by atoms with E-state index in [0.717, 1.165) is 19.3 Å². The summed E-state index contributed by atoms with van der Waals surface area (Å²) in [5.41, 5.74) is 0. The highest BCUT2D eigenvalue weighted by molar-refractivity contribution is 6.11. The molecule has 58 valence electrons. The van der Waals surface area contributed by atoms with E-state index in [-0.39, 0.29) is 6.00 Å². The molecule has 2 atom stereocenters. The van der Waals surface area contributed by atoms with Crippen LogP contribution in [0.15, 0.2) is 0 Å². The van der Waals surface area contributed by atoms with E-state index in [1.807, 2.05) is 13.8 Å². The van der Waals surface area contributed by atoms with Crippen molar-refractivity contribution < 1.29 is 4.74 Å². The second-order valence-electron chi connectivity index (χ2n) is 2.28. The fourth-order valence-electron chi connectivity index (χ4n) is 1.03. The largest absolute Gasteiger partial charge is 0.385 e. The Bertz CT molecular complexity index is 75.7. The van der Waals surface area contributed by atoms with Gasteiger partial charge in [0, 0.05) is 6.00 Å². The third-order valence-corrected chi connectivity index (χ3v) is 1.60. The Balaban J connectivity index is 0.000000371. The summed E-state index contributed by atoms with van der Waals surface area (Å²) >= 11 is 0. The third kappa shape index (κ3) is 3.26. The normalized spacial score (nSPS) is 31.1. The molecule has 1 rings (SSSR count). The molecule has 0 amide bonds. The lowest BCUT2D eigenvalue weighted by molar-refractivity contribution is 0.0857. The second-order valence-corrected chi connectivity index (χ2v) is 2.28. The Morgan fingerprint density at radius 3 is 2.20 bits per heavy atom. The van der Waals surface area contributed by atoms with Gasteiger partial charge in [0.15, 0.2) is 0 Å². The zero-order valence-electron chi connectivity index (χ0n) is 7.26. The first-order valence-corrected chi connectivity index (χ1v) is 4.24. The minimum atomic E-state index is 0.0277. The highest BCUT2D eigenvalue weighted by Gasteiger charge is 2.18. The van der Waals surface area contributed by atoms with Crippen LogP contribution in [0.1, 0.15) is 40.0 Å². The van der Waals surface area contributed by atoms with E-state index in [1.165, 1.54) is 0 Å². The molecule has 0 saturated carbocycles. The van der Waals surface area contributed by atoms with Crippen molar-refractivity contribution in [1.82, 2.24) is 0 Å². The molecule has 1 aliphatic rings. The lowest BCUT2D eigenvalue weighted by atomic mass is 9.97. The first-order chi connectivity index (χ1) is 4.83. The molecule has 2 heteroatoms. The van der Waals surface area contributed by atoms with Gasteiger partial charge < -0.3 is 4.74 Å². The van der Waals surface area contributed by atoms with Gasteiger partial charge in [-0.1, -0.05) is 20.8 Å². The predicted octanol–water partition coefficient (Wildman–Crippen LogP) is 2.10. The van der Waals surface area contributed by atoms with Crippen LogP contribution in [0.5, 0.6) is 0 Å². The summed E-state index contributed by atoms with van der Waals surface area (Å²) in [6.45, 7) is 6.13. The van der Waals surface area contributed by atoms with Gasteiger partial charge in [0.05, 0.1) is 6.10 Å². The fourth-order valence-corrected chi connectivity index (χ4v) is 1.03. The van der Waals surface area contributed by atoms with Gasteiger partial charge in [0.1, 0.15) is 7.85 Å². The van der Waals surface area contributed by atoms with Crippen molar-refractivity contribution in [2.75, 3.05) is 0 Å². The summed E-state index contributed by atoms with van der Waals surface area (Å²) in [5.74, 6) is 0. The van der Waals surface area contributed by atoms with Crippen molar-refractivity contribution in [3.05, 3.63) is 0 Å². The summed E-state index contributed by atoms with van der Waals surface area (Å²) in [6, 6.07) is 0.0277. The van der Waals surface area contributed by atoms with E-state index in [4.69, 9.17) is 12.6 Å². The third-order valence-electron chi connectivity index (χ3n) is 1.60. The molecule has 0 bridgehead atoms. The maximum atomic E-state index is 5.48. The predicted molar refractivity (Wildman–Crippen MR) is 45.3 cm³/mol. The van der Waals surface area contributed by atoms with Crippen molar-refractivity contribution in [1.29, 1.82) is 0 Å². The fraction of sp³-hybridized carbons (Fsp3) is 1.00. The summed E-state index contributed by atoms with van der Waals surface area (Å²) in [7, 11) is 5.48. The Morgan fingerprint density at radius 2 is 2.00 bits per heavy atom. The second kappa shape index (κ2) is 5.78. The van der Waals surface area contributed by atoms with Gasteiger partial charge in [0.25, 0.3) is 0 Å². The highest BCUT2D eigenvalue weighted by Crippen LogP contribution is 2.18. The van der Waals surface area contributed by atoms with E-state index in [2.05, 4.69) is 6.92 Å². The van der Waals surface area contributed by atoms with Crippen molar-refractivity contribution >= 4 is 7.85 Å². The van der Waals surface area contributed by atoms with Gasteiger partial charge in [-0.15, -0.1) is 0 Å². The molecule has 2 radical (unpaired) electrons. The summed E-state index contributed by atoms with van der Waals surface area (Å²) in [4.78, 5) is 0. The number of rotatable bonds is 1. The van der Waals surface area contributed by atoms with Gasteiger partial charge in [-0.2, -0.15) is 0 Å². The van der Waals surface area contributed by atoms with Crippen LogP contribution in [0.3, 0.4) is 0 Å². The van der Waals surface area contributed by atoms with Gasteiger partial charge in [-0.05, 0) is 19.3 Å². The van der Waals surface area contributed by atoms with Crippen molar-refractivity contribution in [2.45, 2.75) is 52.1 Å². The molecule has 1 saturated heterocycles. The molecule has 0 aromatic rings. The molecule has 1 nitrogen and oxygen atoms in total. The zero-order valence-corrected chi connectivity index (χ0v) is 7.26. The Labute approximate surface area is 65.6 Å². The molecule has 0 N–H and O–H groups in total. The Hall–Kier alpha value is 0.0249. The van der Waals surface area contributed by atoms with E-state index in [0.29, 0.717) is 6.10 Å². The van der Waals surface area contributed by atoms with Crippen LogP contribution in [0.25, 0.3) is 0 Å². The minimum absolute atomic E-state index is 0.0277. The zero-order chi connectivity index (χ0) is 7.98. The average molecular weight is 140 g/mol. The van der Waals surface area contributed by atoms with Crippen molar-refractivity contribution in [3.63, 3.8) is 0 Å². The van der Waals surface area contributed by atoms with Crippen LogP contribution < -0.4 is 0 Å². The standard InChI is InChI=1S/C6H11BO.C2H6/c1-2-5-3-4-6(7)8-5;1-2/h5-6H,2-4H2,1H3;1-2H3. The number of hydrogen-bond donors (Lipinski definition) is 0. The van der Waals surface area contributed by atoms with Gasteiger partial charge in [-0.25, -0.2) is 0 Å². The lowest BCUT2D eigenvalue weighted by Crippen LogP contribution is -2.08. The number of hydrogen-bond acceptors (Lipinski definition) is 1. The van der Waals surface area contributed by atoms with E-state index < -0.39 is 0 Å². The van der Waals surface area contributed by atoms with Gasteiger partial charge >= 0.3 is 0 Å². The summed E-state index contributed by atoms with van der Waals surface area (Å²) in [5, 5.41) is 0. The maximum Gasteiger partial charge on any atom is 0.109 e. The Kier molecular flexibility index (Phi) is 5.80. The average Bonchev–Trinajstić information content (AvgIpc) is 2.40. The van der Waals surface area contributed by atoms with E-state index in [9.17, 15) is 0 Å². The molecule has 0 spiro atoms. The molecular formula is C8H17BO. The highest BCUT2D eigenvalue weighted by atomic mass is 16.5. The SMILES string of the molecule is CC.[B]C1CCC(CC)O1. The summed E-state index contributed by atoms with van der Waals surface area (Å²) in [6.07, 6.45) is 3.74. The monoisotopic (exact) mass is 140 g/mol. The van der Waals surface area contributed by atoms with Crippen LogP contribution in [0.4, 0.5) is 0 Å². The molecule has 10 heavy (non-hydrogen) atoms. The van der Waals surface area contributed by atoms with Crippen molar-refractivity contribution in [2.24, 2.45) is 0 Å². The van der Waals surface area contributed by atoms with Crippen LogP contribution in [0.2, 0.25) is 0 Å². The molecule has 1 heterocycles. The Morgan fingerprint density at radius 1 is 1.40 bits per heavy atom. The molecule has 1 fully saturated rings. The van der Waals surface area contributed by atoms with Crippen LogP contribution in [-0.2, 0) is 4.74 Å². The molecule has 1 aliphatic heterocycles. The van der Waals surface area contributed by atoms with E-state index in [1.54, 1.807) is 0 Å². The van der Waals surface area contributed by atoms with Crippen LogP contribution >= 0.6 is 0 Å². The summed E-state index contributed by atoms with van der Waals surface area (Å²) < 4.78 is 5.29. The molecular weight excluding hydrogens is 123 g/mol. The lowest BCUT2D eigenvalue weighted by Gasteiger charge is -2.06. The molecule has 0 aliphatic carbocycles. The minimum Gasteiger partial charge on any atom is -0.385 e. The van der Waals surface area contributed by atoms with Gasteiger partial charge in [0.2, 0.25) is 0 Å². The smallest absolute Gasteiger partial charge is 0.109 e. The van der Waals surface area contributed by atoms with Crippen LogP contribution in [-0.4, -0.2) is 20.0 Å². The molecule has 2 unspecified atom stereocenters. The quantitative estimate of drug-likeness (QED) is 0.506. The number of ether oxygens (including phenoxy) is 1. The first kappa shape index (κ1) is 10.0. The molecule has 0 aromatic carbocycles. The van der Waals surface area contributed by atoms with Gasteiger partial charge in [-0.3, -0.25) is 0 Å². The molecule has 0 aromatic heterocycles. The van der Waals surface area contributed by atoms with E-state index >= 15 is 0 Å². The topological polar surface area (TPSA) is 9.23 Å².